The number of aromatic hydroxyl groups is 1. The highest BCUT2D eigenvalue weighted by Gasteiger charge is 2.20. The van der Waals surface area contributed by atoms with Crippen molar-refractivity contribution in [2.45, 2.75) is 26.7 Å². The Kier molecular flexibility index (Phi) is 4.20. The molecule has 0 radical (unpaired) electrons. The molecule has 0 saturated heterocycles. The van der Waals surface area contributed by atoms with Gasteiger partial charge in [0, 0.05) is 5.56 Å². The molecule has 0 spiro atoms. The van der Waals surface area contributed by atoms with Crippen LogP contribution in [-0.2, 0) is 4.74 Å². The van der Waals surface area contributed by atoms with E-state index in [1.54, 1.807) is 6.92 Å². The van der Waals surface area contributed by atoms with Gasteiger partial charge in [-0.1, -0.05) is 44.2 Å². The molecule has 2 aromatic rings. The minimum absolute atomic E-state index is 0.0578. The predicted molar refractivity (Wildman–Crippen MR) is 83.6 cm³/mol. The van der Waals surface area contributed by atoms with E-state index in [4.69, 9.17) is 6.11 Å². The third-order valence-electron chi connectivity index (χ3n) is 3.23. The van der Waals surface area contributed by atoms with Crippen molar-refractivity contribution in [2.75, 3.05) is 6.61 Å². The largest absolute Gasteiger partial charge is 0.507 e. The number of phenolic OH excluding ortho intramolecular Hbond substituents is 1. The number of rotatable bonds is 4. The van der Waals surface area contributed by atoms with Gasteiger partial charge in [0.15, 0.2) is 0 Å². The van der Waals surface area contributed by atoms with Crippen molar-refractivity contribution in [3.63, 3.8) is 0 Å². The van der Waals surface area contributed by atoms with Crippen LogP contribution in [0.1, 0.15) is 44.0 Å². The molecule has 0 bridgehead atoms. The first kappa shape index (κ1) is 13.7. The van der Waals surface area contributed by atoms with Gasteiger partial charge in [-0.15, -0.1) is 0 Å². The maximum atomic E-state index is 12.2. The van der Waals surface area contributed by atoms with Gasteiger partial charge in [0.05, 0.1) is 7.98 Å². The second kappa shape index (κ2) is 6.44. The van der Waals surface area contributed by atoms with E-state index in [1.807, 2.05) is 44.2 Å². The van der Waals surface area contributed by atoms with Gasteiger partial charge in [-0.2, -0.15) is 0 Å². The maximum Gasteiger partial charge on any atom is 0.342 e. The van der Waals surface area contributed by atoms with Crippen molar-refractivity contribution >= 4 is 5.97 Å². The number of ether oxygens (including phenoxy) is 1. The number of carbonyl (C=O) groups is 1. The molecule has 0 aliphatic heterocycles. The number of hydrogen-bond acceptors (Lipinski definition) is 3. The molecule has 0 amide bonds. The minimum atomic E-state index is -0.609. The van der Waals surface area contributed by atoms with Gasteiger partial charge < -0.3 is 9.84 Å². The molecule has 3 nitrogen and oxygen atoms in total. The van der Waals surface area contributed by atoms with E-state index in [2.05, 4.69) is 0 Å². The number of phenols is 1. The summed E-state index contributed by atoms with van der Waals surface area (Å²) in [5.41, 5.74) is 1.89. The summed E-state index contributed by atoms with van der Waals surface area (Å²) >= 11 is 0. The van der Waals surface area contributed by atoms with Crippen molar-refractivity contribution < 1.29 is 16.0 Å². The first-order chi connectivity index (χ1) is 10.5. The molecular formula is C18H20O3. The quantitative estimate of drug-likeness (QED) is 0.849. The molecule has 2 aromatic carbocycles. The van der Waals surface area contributed by atoms with Crippen LogP contribution in [0.4, 0.5) is 0 Å². The molecule has 0 atom stereocenters. The van der Waals surface area contributed by atoms with Crippen LogP contribution in [0, 0.1) is 0 Å². The zero-order valence-corrected chi connectivity index (χ0v) is 12.5. The zero-order valence-electron chi connectivity index (χ0n) is 13.5. The lowest BCUT2D eigenvalue weighted by Gasteiger charge is -2.15. The smallest absolute Gasteiger partial charge is 0.342 e. The van der Waals surface area contributed by atoms with Crippen LogP contribution in [0.15, 0.2) is 42.4 Å². The highest BCUT2D eigenvalue weighted by atomic mass is 16.5. The van der Waals surface area contributed by atoms with Gasteiger partial charge in [-0.05, 0) is 36.1 Å². The SMILES string of the molecule is [2H]c1c(C(C)C)cc(O)c(C(=O)OCC)c1-c1ccccc1. The van der Waals surface area contributed by atoms with Crippen LogP contribution in [-0.4, -0.2) is 17.7 Å². The van der Waals surface area contributed by atoms with Gasteiger partial charge >= 0.3 is 5.97 Å². The average Bonchev–Trinajstić information content (AvgIpc) is 2.49. The van der Waals surface area contributed by atoms with Crippen molar-refractivity contribution in [2.24, 2.45) is 0 Å². The summed E-state index contributed by atoms with van der Waals surface area (Å²) < 4.78 is 13.5. The molecule has 2 rings (SSSR count). The van der Waals surface area contributed by atoms with Gasteiger partial charge in [0.1, 0.15) is 11.3 Å². The molecule has 0 aromatic heterocycles. The van der Waals surface area contributed by atoms with Gasteiger partial charge in [-0.25, -0.2) is 4.79 Å². The Labute approximate surface area is 126 Å². The Balaban J connectivity index is 2.78. The second-order valence-corrected chi connectivity index (χ2v) is 5.10. The van der Waals surface area contributed by atoms with E-state index in [-0.39, 0.29) is 29.9 Å². The third-order valence-corrected chi connectivity index (χ3v) is 3.23. The van der Waals surface area contributed by atoms with Crippen LogP contribution in [0.2, 0.25) is 0 Å². The van der Waals surface area contributed by atoms with Crippen molar-refractivity contribution in [1.82, 2.24) is 0 Å². The summed E-state index contributed by atoms with van der Waals surface area (Å²) in [6.45, 7) is 5.82. The molecule has 1 N–H and O–H groups in total. The maximum absolute atomic E-state index is 12.2. The first-order valence-corrected chi connectivity index (χ1v) is 7.06. The Morgan fingerprint density at radius 1 is 1.33 bits per heavy atom. The number of hydrogen-bond donors (Lipinski definition) is 1. The predicted octanol–water partition coefficient (Wildman–Crippen LogP) is 4.36. The van der Waals surface area contributed by atoms with Crippen molar-refractivity contribution in [1.29, 1.82) is 0 Å². The van der Waals surface area contributed by atoms with Crippen LogP contribution < -0.4 is 0 Å². The molecule has 0 saturated carbocycles. The summed E-state index contributed by atoms with van der Waals surface area (Å²) in [6, 6.07) is 10.9. The summed E-state index contributed by atoms with van der Waals surface area (Å²) in [6.07, 6.45) is 0. The van der Waals surface area contributed by atoms with Gasteiger partial charge in [0.2, 0.25) is 0 Å². The molecule has 0 fully saturated rings. The Bertz CT molecular complexity index is 678. The van der Waals surface area contributed by atoms with E-state index >= 15 is 0 Å². The van der Waals surface area contributed by atoms with Crippen LogP contribution in [0.3, 0.4) is 0 Å². The fraction of sp³-hybridized carbons (Fsp3) is 0.278. The molecular weight excluding hydrogens is 264 g/mol. The Hall–Kier alpha value is -2.29. The highest BCUT2D eigenvalue weighted by molar-refractivity contribution is 6.00. The average molecular weight is 285 g/mol. The Morgan fingerprint density at radius 2 is 2.00 bits per heavy atom. The number of carbonyl (C=O) groups excluding carboxylic acids is 1. The molecule has 3 heteroatoms. The number of benzene rings is 2. The molecule has 21 heavy (non-hydrogen) atoms. The lowest BCUT2D eigenvalue weighted by atomic mass is 9.92. The minimum Gasteiger partial charge on any atom is -0.507 e. The number of esters is 1. The highest BCUT2D eigenvalue weighted by Crippen LogP contribution is 2.34. The van der Waals surface area contributed by atoms with Crippen molar-refractivity contribution in [3.8, 4) is 16.9 Å². The van der Waals surface area contributed by atoms with E-state index in [1.165, 1.54) is 6.07 Å². The third kappa shape index (κ3) is 3.24. The van der Waals surface area contributed by atoms with E-state index in [0.717, 1.165) is 0 Å². The van der Waals surface area contributed by atoms with Crippen LogP contribution >= 0.6 is 0 Å². The second-order valence-electron chi connectivity index (χ2n) is 5.10. The van der Waals surface area contributed by atoms with E-state index < -0.39 is 5.97 Å². The summed E-state index contributed by atoms with van der Waals surface area (Å²) in [5.74, 6) is -0.684. The van der Waals surface area contributed by atoms with Crippen LogP contribution in [0.5, 0.6) is 5.75 Å². The lowest BCUT2D eigenvalue weighted by Crippen LogP contribution is -2.08. The standard InChI is InChI=1S/C18H20O3/c1-4-21-18(20)17-15(13-8-6-5-7-9-13)10-14(12(2)3)11-16(17)19/h5-12,19H,4H2,1-3H3/i10D. The molecule has 0 aliphatic carbocycles. The topological polar surface area (TPSA) is 46.5 Å². The molecule has 0 unspecified atom stereocenters. The zero-order chi connectivity index (χ0) is 16.3. The Morgan fingerprint density at radius 3 is 2.57 bits per heavy atom. The molecule has 110 valence electrons. The van der Waals surface area contributed by atoms with E-state index in [0.29, 0.717) is 16.7 Å². The molecule has 0 heterocycles. The van der Waals surface area contributed by atoms with E-state index in [9.17, 15) is 9.90 Å². The first-order valence-electron chi connectivity index (χ1n) is 7.56. The molecule has 0 aliphatic rings. The lowest BCUT2D eigenvalue weighted by molar-refractivity contribution is 0.0524. The summed E-state index contributed by atoms with van der Waals surface area (Å²) in [4.78, 5) is 12.2. The monoisotopic (exact) mass is 285 g/mol. The van der Waals surface area contributed by atoms with Gasteiger partial charge in [-0.3, -0.25) is 0 Å². The fourth-order valence-corrected chi connectivity index (χ4v) is 2.13. The fourth-order valence-electron chi connectivity index (χ4n) is 2.13. The summed E-state index contributed by atoms with van der Waals surface area (Å²) in [7, 11) is 0. The van der Waals surface area contributed by atoms with Crippen molar-refractivity contribution in [3.05, 3.63) is 53.6 Å². The van der Waals surface area contributed by atoms with Gasteiger partial charge in [0.25, 0.3) is 0 Å². The summed E-state index contributed by atoms with van der Waals surface area (Å²) in [5, 5.41) is 10.3. The normalized spacial score (nSPS) is 11.3. The van der Waals surface area contributed by atoms with Crippen LogP contribution in [0.25, 0.3) is 11.1 Å².